The summed E-state index contributed by atoms with van der Waals surface area (Å²) >= 11 is 0. The van der Waals surface area contributed by atoms with E-state index in [2.05, 4.69) is 10.3 Å². The minimum atomic E-state index is -1.17. The van der Waals surface area contributed by atoms with Gasteiger partial charge in [0, 0.05) is 12.1 Å². The van der Waals surface area contributed by atoms with Gasteiger partial charge in [0.25, 0.3) is 0 Å². The van der Waals surface area contributed by atoms with Gasteiger partial charge >= 0.3 is 5.97 Å². The second-order valence-electron chi connectivity index (χ2n) is 3.84. The number of benzene rings is 1. The Balaban J connectivity index is 2.56. The molecule has 18 heavy (non-hydrogen) atoms. The Hall–Kier alpha value is -2.24. The van der Waals surface area contributed by atoms with Crippen molar-refractivity contribution in [3.63, 3.8) is 0 Å². The highest BCUT2D eigenvalue weighted by molar-refractivity contribution is 5.95. The number of aromatic carboxylic acids is 1. The van der Waals surface area contributed by atoms with E-state index < -0.39 is 11.8 Å². The number of carboxylic acids is 1. The average molecular weight is 249 g/mol. The molecule has 0 unspecified atom stereocenters. The molecule has 0 saturated heterocycles. The van der Waals surface area contributed by atoms with Crippen molar-refractivity contribution >= 4 is 5.97 Å². The highest BCUT2D eigenvalue weighted by Gasteiger charge is 2.16. The number of rotatable bonds is 4. The van der Waals surface area contributed by atoms with Crippen LogP contribution in [0.5, 0.6) is 0 Å². The van der Waals surface area contributed by atoms with E-state index >= 15 is 0 Å². The minimum Gasteiger partial charge on any atom is -0.478 e. The van der Waals surface area contributed by atoms with Crippen LogP contribution in [0.1, 0.15) is 23.7 Å². The van der Waals surface area contributed by atoms with Crippen LogP contribution in [0.3, 0.4) is 0 Å². The fourth-order valence-corrected chi connectivity index (χ4v) is 1.76. The van der Waals surface area contributed by atoms with Gasteiger partial charge in [0.15, 0.2) is 0 Å². The van der Waals surface area contributed by atoms with E-state index in [4.69, 9.17) is 5.11 Å². The van der Waals surface area contributed by atoms with Gasteiger partial charge in [-0.2, -0.15) is 0 Å². The monoisotopic (exact) mass is 249 g/mol. The third kappa shape index (κ3) is 2.22. The van der Waals surface area contributed by atoms with Gasteiger partial charge in [0.05, 0.1) is 17.5 Å². The first-order valence-electron chi connectivity index (χ1n) is 5.55. The lowest BCUT2D eigenvalue weighted by Gasteiger charge is -2.07. The maximum Gasteiger partial charge on any atom is 0.336 e. The predicted molar refractivity (Wildman–Crippen MR) is 62.7 cm³/mol. The van der Waals surface area contributed by atoms with E-state index in [9.17, 15) is 9.18 Å². The Morgan fingerprint density at radius 2 is 2.28 bits per heavy atom. The first-order chi connectivity index (χ1) is 8.63. The molecular formula is C12H12FN3O2. The van der Waals surface area contributed by atoms with Gasteiger partial charge in [-0.05, 0) is 24.6 Å². The predicted octanol–water partition coefficient (Wildman–Crippen LogP) is 2.19. The van der Waals surface area contributed by atoms with Crippen LogP contribution in [0.4, 0.5) is 4.39 Å². The lowest BCUT2D eigenvalue weighted by Crippen LogP contribution is -2.06. The Morgan fingerprint density at radius 3 is 2.94 bits per heavy atom. The van der Waals surface area contributed by atoms with Crippen molar-refractivity contribution < 1.29 is 14.3 Å². The summed E-state index contributed by atoms with van der Waals surface area (Å²) in [7, 11) is 0. The number of nitrogens with zero attached hydrogens (tertiary/aromatic N) is 3. The SMILES string of the molecule is CCCn1nncc1-c1ccc(F)cc1C(=O)O. The van der Waals surface area contributed by atoms with Crippen molar-refractivity contribution in [2.75, 3.05) is 0 Å². The summed E-state index contributed by atoms with van der Waals surface area (Å²) in [5.41, 5.74) is 0.909. The quantitative estimate of drug-likeness (QED) is 0.901. The molecule has 0 atom stereocenters. The van der Waals surface area contributed by atoms with Gasteiger partial charge < -0.3 is 5.11 Å². The molecule has 0 fully saturated rings. The molecule has 2 rings (SSSR count). The number of aromatic nitrogens is 3. The molecule has 1 heterocycles. The lowest BCUT2D eigenvalue weighted by molar-refractivity contribution is 0.0697. The normalized spacial score (nSPS) is 10.6. The van der Waals surface area contributed by atoms with Gasteiger partial charge in [0.2, 0.25) is 0 Å². The molecule has 5 nitrogen and oxygen atoms in total. The van der Waals surface area contributed by atoms with Crippen molar-refractivity contribution in [2.45, 2.75) is 19.9 Å². The van der Waals surface area contributed by atoms with Crippen molar-refractivity contribution in [1.82, 2.24) is 15.0 Å². The zero-order chi connectivity index (χ0) is 13.1. The molecule has 1 aromatic carbocycles. The molecule has 0 aliphatic carbocycles. The second-order valence-corrected chi connectivity index (χ2v) is 3.84. The fraction of sp³-hybridized carbons (Fsp3) is 0.250. The topological polar surface area (TPSA) is 68.0 Å². The molecule has 0 saturated carbocycles. The highest BCUT2D eigenvalue weighted by Crippen LogP contribution is 2.24. The minimum absolute atomic E-state index is 0.0883. The summed E-state index contributed by atoms with van der Waals surface area (Å²) in [4.78, 5) is 11.1. The van der Waals surface area contributed by atoms with E-state index in [1.165, 1.54) is 18.3 Å². The molecule has 94 valence electrons. The molecule has 0 aliphatic rings. The molecule has 0 aliphatic heterocycles. The third-order valence-corrected chi connectivity index (χ3v) is 2.54. The van der Waals surface area contributed by atoms with Crippen LogP contribution in [0, 0.1) is 5.82 Å². The van der Waals surface area contributed by atoms with E-state index in [1.807, 2.05) is 6.92 Å². The Morgan fingerprint density at radius 1 is 1.50 bits per heavy atom. The van der Waals surface area contributed by atoms with Crippen LogP contribution in [0.25, 0.3) is 11.3 Å². The first kappa shape index (κ1) is 12.2. The van der Waals surface area contributed by atoms with Gasteiger partial charge in [-0.25, -0.2) is 13.9 Å². The summed E-state index contributed by atoms with van der Waals surface area (Å²) in [6, 6.07) is 3.66. The van der Waals surface area contributed by atoms with Crippen LogP contribution in [-0.2, 0) is 6.54 Å². The van der Waals surface area contributed by atoms with Crippen molar-refractivity contribution in [1.29, 1.82) is 0 Å². The lowest BCUT2D eigenvalue weighted by atomic mass is 10.0. The summed E-state index contributed by atoms with van der Waals surface area (Å²) in [6.45, 7) is 2.61. The number of hydrogen-bond donors (Lipinski definition) is 1. The van der Waals surface area contributed by atoms with E-state index in [-0.39, 0.29) is 5.56 Å². The number of carbonyl (C=O) groups is 1. The highest BCUT2D eigenvalue weighted by atomic mass is 19.1. The second kappa shape index (κ2) is 4.95. The molecule has 1 aromatic heterocycles. The standard InChI is InChI=1S/C12H12FN3O2/c1-2-5-16-11(7-14-15-16)9-4-3-8(13)6-10(9)12(17)18/h3-4,6-7H,2,5H2,1H3,(H,17,18). The summed E-state index contributed by atoms with van der Waals surface area (Å²) < 4.78 is 14.7. The zero-order valence-corrected chi connectivity index (χ0v) is 9.80. The maximum atomic E-state index is 13.1. The molecule has 2 aromatic rings. The van der Waals surface area contributed by atoms with Crippen molar-refractivity contribution in [3.05, 3.63) is 35.8 Å². The first-order valence-corrected chi connectivity index (χ1v) is 5.55. The maximum absolute atomic E-state index is 13.1. The summed E-state index contributed by atoms with van der Waals surface area (Å²) in [5, 5.41) is 16.7. The van der Waals surface area contributed by atoms with Gasteiger partial charge in [-0.15, -0.1) is 5.10 Å². The number of halogens is 1. The molecule has 0 amide bonds. The van der Waals surface area contributed by atoms with E-state index in [1.54, 1.807) is 4.68 Å². The summed E-state index contributed by atoms with van der Waals surface area (Å²) in [6.07, 6.45) is 2.33. The number of hydrogen-bond acceptors (Lipinski definition) is 3. The molecular weight excluding hydrogens is 237 g/mol. The fourth-order valence-electron chi connectivity index (χ4n) is 1.76. The van der Waals surface area contributed by atoms with Crippen LogP contribution < -0.4 is 0 Å². The van der Waals surface area contributed by atoms with Gasteiger partial charge in [-0.3, -0.25) is 0 Å². The zero-order valence-electron chi connectivity index (χ0n) is 9.80. The van der Waals surface area contributed by atoms with Crippen molar-refractivity contribution in [3.8, 4) is 11.3 Å². The number of aryl methyl sites for hydroxylation is 1. The van der Waals surface area contributed by atoms with Crippen LogP contribution in [-0.4, -0.2) is 26.1 Å². The third-order valence-electron chi connectivity index (χ3n) is 2.54. The van der Waals surface area contributed by atoms with Gasteiger partial charge in [0.1, 0.15) is 5.82 Å². The largest absolute Gasteiger partial charge is 0.478 e. The average Bonchev–Trinajstić information content (AvgIpc) is 2.77. The Kier molecular flexibility index (Phi) is 3.36. The molecule has 0 bridgehead atoms. The van der Waals surface area contributed by atoms with Crippen molar-refractivity contribution in [2.24, 2.45) is 0 Å². The summed E-state index contributed by atoms with van der Waals surface area (Å²) in [5.74, 6) is -1.75. The van der Waals surface area contributed by atoms with E-state index in [0.717, 1.165) is 12.5 Å². The Bertz CT molecular complexity index is 580. The molecule has 0 radical (unpaired) electrons. The van der Waals surface area contributed by atoms with Crippen LogP contribution >= 0.6 is 0 Å². The van der Waals surface area contributed by atoms with Crippen LogP contribution in [0.2, 0.25) is 0 Å². The van der Waals surface area contributed by atoms with Crippen LogP contribution in [0.15, 0.2) is 24.4 Å². The Labute approximate surface area is 103 Å². The molecule has 0 spiro atoms. The number of carboxylic acid groups (broad SMARTS) is 1. The smallest absolute Gasteiger partial charge is 0.336 e. The van der Waals surface area contributed by atoms with E-state index in [0.29, 0.717) is 17.8 Å². The molecule has 6 heteroatoms. The molecule has 1 N–H and O–H groups in total. The van der Waals surface area contributed by atoms with Gasteiger partial charge in [-0.1, -0.05) is 12.1 Å².